The average Bonchev–Trinajstić information content (AvgIpc) is 2.49. The van der Waals surface area contributed by atoms with E-state index in [1.807, 2.05) is 0 Å². The van der Waals surface area contributed by atoms with Gasteiger partial charge in [0.05, 0.1) is 0 Å². The Balaban J connectivity index is 1.96. The predicted molar refractivity (Wildman–Crippen MR) is 80.1 cm³/mol. The van der Waals surface area contributed by atoms with Crippen LogP contribution in [0.25, 0.3) is 0 Å². The first-order chi connectivity index (χ1) is 10.1. The summed E-state index contributed by atoms with van der Waals surface area (Å²) in [5, 5.41) is 5.22. The first-order valence-corrected chi connectivity index (χ1v) is 6.55. The maximum absolute atomic E-state index is 12.7. The lowest BCUT2D eigenvalue weighted by molar-refractivity contribution is 0.0988. The molecule has 0 aliphatic rings. The second-order valence-corrected chi connectivity index (χ2v) is 4.44. The van der Waals surface area contributed by atoms with Crippen LogP contribution in [0.3, 0.4) is 0 Å². The molecule has 2 amide bonds. The van der Waals surface area contributed by atoms with Gasteiger partial charge < -0.3 is 10.6 Å². The average molecular weight is 286 g/mol. The van der Waals surface area contributed by atoms with Crippen LogP contribution >= 0.6 is 0 Å². The molecule has 5 heteroatoms. The maximum atomic E-state index is 12.7. The Morgan fingerprint density at radius 2 is 1.38 bits per heavy atom. The van der Waals surface area contributed by atoms with Gasteiger partial charge in [0.25, 0.3) is 0 Å². The van der Waals surface area contributed by atoms with Gasteiger partial charge >= 0.3 is 6.03 Å². The van der Waals surface area contributed by atoms with Gasteiger partial charge in [-0.15, -0.1) is 0 Å². The third kappa shape index (κ3) is 4.14. The van der Waals surface area contributed by atoms with Gasteiger partial charge in [-0.05, 0) is 48.5 Å². The number of hydrogen-bond acceptors (Lipinski definition) is 2. The van der Waals surface area contributed by atoms with E-state index in [-0.39, 0.29) is 11.6 Å². The Labute approximate surface area is 122 Å². The highest BCUT2D eigenvalue weighted by molar-refractivity contribution is 6.00. The number of anilines is 2. The van der Waals surface area contributed by atoms with Crippen LogP contribution in [-0.2, 0) is 0 Å². The molecule has 0 aliphatic heterocycles. The van der Waals surface area contributed by atoms with Gasteiger partial charge in [-0.25, -0.2) is 9.18 Å². The molecule has 0 unspecified atom stereocenters. The number of Topliss-reactive ketones (excluding diaryl/α,β-unsaturated/α-hetero) is 1. The molecular weight excluding hydrogens is 271 g/mol. The zero-order valence-electron chi connectivity index (χ0n) is 11.5. The zero-order chi connectivity index (χ0) is 15.2. The number of urea groups is 1. The smallest absolute Gasteiger partial charge is 0.308 e. The van der Waals surface area contributed by atoms with Crippen molar-refractivity contribution in [2.24, 2.45) is 0 Å². The molecule has 2 aromatic rings. The third-order valence-corrected chi connectivity index (χ3v) is 2.89. The Hall–Kier alpha value is -2.69. The SMILES string of the molecule is CCC(=O)c1ccc(NC(=O)Nc2ccc(F)cc2)cc1. The number of hydrogen-bond donors (Lipinski definition) is 2. The van der Waals surface area contributed by atoms with Crippen LogP contribution in [0.5, 0.6) is 0 Å². The molecule has 0 aromatic heterocycles. The lowest BCUT2D eigenvalue weighted by Crippen LogP contribution is -2.19. The fraction of sp³-hybridized carbons (Fsp3) is 0.125. The number of carbonyl (C=O) groups is 2. The fourth-order valence-corrected chi connectivity index (χ4v) is 1.77. The summed E-state index contributed by atoms with van der Waals surface area (Å²) in [6.45, 7) is 1.80. The highest BCUT2D eigenvalue weighted by Gasteiger charge is 2.05. The number of nitrogens with one attached hydrogen (secondary N) is 2. The minimum atomic E-state index is -0.434. The van der Waals surface area contributed by atoms with Gasteiger partial charge in [0.1, 0.15) is 5.82 Å². The maximum Gasteiger partial charge on any atom is 0.323 e. The lowest BCUT2D eigenvalue weighted by Gasteiger charge is -2.08. The summed E-state index contributed by atoms with van der Waals surface area (Å²) < 4.78 is 12.7. The zero-order valence-corrected chi connectivity index (χ0v) is 11.5. The van der Waals surface area contributed by atoms with E-state index in [9.17, 15) is 14.0 Å². The second kappa shape index (κ2) is 6.65. The molecule has 0 radical (unpaired) electrons. The van der Waals surface area contributed by atoms with Crippen molar-refractivity contribution in [2.75, 3.05) is 10.6 Å². The summed E-state index contributed by atoms with van der Waals surface area (Å²) in [5.41, 5.74) is 1.68. The van der Waals surface area contributed by atoms with Gasteiger partial charge in [0, 0.05) is 23.4 Å². The van der Waals surface area contributed by atoms with Crippen LogP contribution in [-0.4, -0.2) is 11.8 Å². The van der Waals surface area contributed by atoms with Crippen molar-refractivity contribution < 1.29 is 14.0 Å². The number of amides is 2. The van der Waals surface area contributed by atoms with Crippen LogP contribution in [0.4, 0.5) is 20.6 Å². The van der Waals surface area contributed by atoms with Crippen molar-refractivity contribution in [3.8, 4) is 0 Å². The van der Waals surface area contributed by atoms with E-state index < -0.39 is 6.03 Å². The molecule has 0 spiro atoms. The molecule has 4 nitrogen and oxygen atoms in total. The molecule has 21 heavy (non-hydrogen) atoms. The van der Waals surface area contributed by atoms with Crippen molar-refractivity contribution in [1.29, 1.82) is 0 Å². The molecule has 0 heterocycles. The third-order valence-electron chi connectivity index (χ3n) is 2.89. The van der Waals surface area contributed by atoms with Crippen molar-refractivity contribution in [3.05, 3.63) is 59.9 Å². The largest absolute Gasteiger partial charge is 0.323 e. The fourth-order valence-electron chi connectivity index (χ4n) is 1.77. The summed E-state index contributed by atoms with van der Waals surface area (Å²) >= 11 is 0. The van der Waals surface area contributed by atoms with Crippen LogP contribution in [0.2, 0.25) is 0 Å². The molecule has 2 rings (SSSR count). The van der Waals surface area contributed by atoms with E-state index in [1.165, 1.54) is 24.3 Å². The summed E-state index contributed by atoms with van der Waals surface area (Å²) in [6.07, 6.45) is 0.442. The lowest BCUT2D eigenvalue weighted by atomic mass is 10.1. The van der Waals surface area contributed by atoms with Gasteiger partial charge in [0.15, 0.2) is 5.78 Å². The topological polar surface area (TPSA) is 58.2 Å². The first-order valence-electron chi connectivity index (χ1n) is 6.55. The van der Waals surface area contributed by atoms with E-state index in [0.717, 1.165) is 0 Å². The Morgan fingerprint density at radius 3 is 1.86 bits per heavy atom. The van der Waals surface area contributed by atoms with Crippen molar-refractivity contribution in [1.82, 2.24) is 0 Å². The van der Waals surface area contributed by atoms with Gasteiger partial charge in [-0.1, -0.05) is 6.92 Å². The van der Waals surface area contributed by atoms with Crippen LogP contribution in [0.1, 0.15) is 23.7 Å². The van der Waals surface area contributed by atoms with E-state index in [2.05, 4.69) is 10.6 Å². The van der Waals surface area contributed by atoms with E-state index >= 15 is 0 Å². The molecule has 2 aromatic carbocycles. The number of rotatable bonds is 4. The molecule has 0 bridgehead atoms. The second-order valence-electron chi connectivity index (χ2n) is 4.44. The molecule has 2 N–H and O–H groups in total. The van der Waals surface area contributed by atoms with Crippen molar-refractivity contribution in [2.45, 2.75) is 13.3 Å². The summed E-state index contributed by atoms with van der Waals surface area (Å²) in [4.78, 5) is 23.2. The molecule has 0 atom stereocenters. The minimum Gasteiger partial charge on any atom is -0.308 e. The molecule has 0 saturated heterocycles. The molecule has 108 valence electrons. The Morgan fingerprint density at radius 1 is 0.905 bits per heavy atom. The monoisotopic (exact) mass is 286 g/mol. The number of ketones is 1. The predicted octanol–water partition coefficient (Wildman–Crippen LogP) is 4.06. The van der Waals surface area contributed by atoms with Crippen molar-refractivity contribution in [3.63, 3.8) is 0 Å². The van der Waals surface area contributed by atoms with Gasteiger partial charge in [0.2, 0.25) is 0 Å². The van der Waals surface area contributed by atoms with E-state index in [0.29, 0.717) is 23.4 Å². The number of benzene rings is 2. The number of halogens is 1. The number of carbonyl (C=O) groups excluding carboxylic acids is 2. The highest BCUT2D eigenvalue weighted by Crippen LogP contribution is 2.13. The van der Waals surface area contributed by atoms with Crippen LogP contribution < -0.4 is 10.6 Å². The quantitative estimate of drug-likeness (QED) is 0.833. The Bertz CT molecular complexity index is 636. The first kappa shape index (κ1) is 14.7. The normalized spacial score (nSPS) is 10.0. The van der Waals surface area contributed by atoms with E-state index in [4.69, 9.17) is 0 Å². The van der Waals surface area contributed by atoms with Gasteiger partial charge in [-0.3, -0.25) is 4.79 Å². The Kier molecular flexibility index (Phi) is 4.66. The molecule has 0 saturated carbocycles. The molecular formula is C16H15FN2O2. The molecule has 0 aliphatic carbocycles. The van der Waals surface area contributed by atoms with Gasteiger partial charge in [-0.2, -0.15) is 0 Å². The van der Waals surface area contributed by atoms with Crippen LogP contribution in [0, 0.1) is 5.82 Å². The minimum absolute atomic E-state index is 0.0531. The highest BCUT2D eigenvalue weighted by atomic mass is 19.1. The van der Waals surface area contributed by atoms with Crippen LogP contribution in [0.15, 0.2) is 48.5 Å². The summed E-state index contributed by atoms with van der Waals surface area (Å²) in [5.74, 6) is -0.311. The summed E-state index contributed by atoms with van der Waals surface area (Å²) in [7, 11) is 0. The molecule has 0 fully saturated rings. The van der Waals surface area contributed by atoms with E-state index in [1.54, 1.807) is 31.2 Å². The summed E-state index contributed by atoms with van der Waals surface area (Å²) in [6, 6.07) is 11.7. The van der Waals surface area contributed by atoms with Crippen molar-refractivity contribution >= 4 is 23.2 Å². The standard InChI is InChI=1S/C16H15FN2O2/c1-2-15(20)11-3-7-13(8-4-11)18-16(21)19-14-9-5-12(17)6-10-14/h3-10H,2H2,1H3,(H2,18,19,21).